The average Bonchev–Trinajstić information content (AvgIpc) is 3.15. The number of hydrogen-bond acceptors (Lipinski definition) is 5. The quantitative estimate of drug-likeness (QED) is 0.212. The van der Waals surface area contributed by atoms with Crippen LogP contribution in [0.3, 0.4) is 0 Å². The first-order valence-electron chi connectivity index (χ1n) is 9.82. The van der Waals surface area contributed by atoms with Crippen molar-refractivity contribution in [3.05, 3.63) is 88.7 Å². The number of rotatable bonds is 6. The second-order valence-electron chi connectivity index (χ2n) is 7.00. The van der Waals surface area contributed by atoms with E-state index in [9.17, 15) is 4.79 Å². The highest BCUT2D eigenvalue weighted by Crippen LogP contribution is 2.39. The number of carbonyl (C=O) groups is 1. The van der Waals surface area contributed by atoms with E-state index in [1.165, 1.54) is 11.8 Å². The van der Waals surface area contributed by atoms with Crippen LogP contribution in [-0.2, 0) is 11.4 Å². The fourth-order valence-electron chi connectivity index (χ4n) is 3.02. The van der Waals surface area contributed by atoms with Gasteiger partial charge < -0.3 is 14.8 Å². The second-order valence-corrected chi connectivity index (χ2v) is 10.9. The van der Waals surface area contributed by atoms with E-state index in [4.69, 9.17) is 32.7 Å². The molecule has 0 atom stereocenters. The third-order valence-electron chi connectivity index (χ3n) is 4.65. The molecule has 0 radical (unpaired) electrons. The monoisotopic (exact) mass is 688 g/mol. The molecule has 4 rings (SSSR count). The largest absolute Gasteiger partial charge is 0.493 e. The van der Waals surface area contributed by atoms with Gasteiger partial charge in [0, 0.05) is 3.57 Å². The molecule has 1 N–H and O–H groups in total. The minimum atomic E-state index is -0.254. The molecule has 3 aromatic rings. The number of ether oxygens (including phenoxy) is 2. The summed E-state index contributed by atoms with van der Waals surface area (Å²) < 4.78 is 13.4. The lowest BCUT2D eigenvalue weighted by atomic mass is 10.2. The summed E-state index contributed by atoms with van der Waals surface area (Å²) in [5.74, 6) is 0.885. The molecule has 10 heteroatoms. The van der Waals surface area contributed by atoms with Crippen LogP contribution in [0.4, 0.5) is 5.69 Å². The van der Waals surface area contributed by atoms with E-state index < -0.39 is 0 Å². The molecule has 5 nitrogen and oxygen atoms in total. The Labute approximate surface area is 233 Å². The highest BCUT2D eigenvalue weighted by atomic mass is 127. The topological polar surface area (TPSA) is 59.9 Å². The van der Waals surface area contributed by atoms with E-state index in [1.807, 2.05) is 36.4 Å². The number of amidine groups is 1. The number of thioether (sulfide) groups is 1. The first kappa shape index (κ1) is 25.4. The lowest BCUT2D eigenvalue weighted by Gasteiger charge is -2.14. The Kier molecular flexibility index (Phi) is 8.47. The molecule has 1 fully saturated rings. The summed E-state index contributed by atoms with van der Waals surface area (Å²) in [5, 5.41) is 3.90. The minimum Gasteiger partial charge on any atom is -0.493 e. The summed E-state index contributed by atoms with van der Waals surface area (Å²) in [6, 6.07) is 16.9. The minimum absolute atomic E-state index is 0.254. The van der Waals surface area contributed by atoms with Gasteiger partial charge in [0.1, 0.15) is 6.61 Å². The van der Waals surface area contributed by atoms with Crippen LogP contribution >= 0.6 is 73.5 Å². The molecule has 0 aliphatic carbocycles. The van der Waals surface area contributed by atoms with E-state index in [1.54, 1.807) is 31.4 Å². The van der Waals surface area contributed by atoms with Crippen molar-refractivity contribution in [2.75, 3.05) is 7.11 Å². The average molecular weight is 690 g/mol. The van der Waals surface area contributed by atoms with E-state index in [2.05, 4.69) is 48.8 Å². The van der Waals surface area contributed by atoms with Crippen LogP contribution in [0.25, 0.3) is 6.08 Å². The molecular formula is C24H16BrCl2IN2O3S. The van der Waals surface area contributed by atoms with Crippen molar-refractivity contribution in [2.45, 2.75) is 6.61 Å². The van der Waals surface area contributed by atoms with Gasteiger partial charge in [0.05, 0.1) is 32.2 Å². The van der Waals surface area contributed by atoms with Crippen molar-refractivity contribution in [3.63, 3.8) is 0 Å². The summed E-state index contributed by atoms with van der Waals surface area (Å²) in [7, 11) is 1.58. The van der Waals surface area contributed by atoms with E-state index in [0.29, 0.717) is 48.4 Å². The van der Waals surface area contributed by atoms with Crippen LogP contribution in [0.5, 0.6) is 11.5 Å². The molecule has 1 amide bonds. The third-order valence-corrected chi connectivity index (χ3v) is 7.68. The van der Waals surface area contributed by atoms with Crippen LogP contribution in [0, 0.1) is 3.57 Å². The van der Waals surface area contributed by atoms with Gasteiger partial charge in [0.2, 0.25) is 0 Å². The standard InChI is InChI=1S/C24H16BrCl2IN2O3S/c1-32-19-10-14(9-16(25)22(19)33-12-13-5-7-15(28)8-6-13)11-20-23(31)30-24(34-20)29-18-4-2-3-17(26)21(18)27/h2-11H,12H2,1H3,(H,29,30,31)/b20-11+. The van der Waals surface area contributed by atoms with Gasteiger partial charge in [-0.3, -0.25) is 4.79 Å². The van der Waals surface area contributed by atoms with Gasteiger partial charge in [-0.1, -0.05) is 41.4 Å². The van der Waals surface area contributed by atoms with Crippen LogP contribution in [0.2, 0.25) is 10.0 Å². The molecule has 174 valence electrons. The van der Waals surface area contributed by atoms with Crippen molar-refractivity contribution in [1.29, 1.82) is 0 Å². The number of aliphatic imine (C=N–C) groups is 1. The summed E-state index contributed by atoms with van der Waals surface area (Å²) in [5.41, 5.74) is 2.30. The number of halogens is 4. The maximum Gasteiger partial charge on any atom is 0.264 e. The maximum absolute atomic E-state index is 12.5. The summed E-state index contributed by atoms with van der Waals surface area (Å²) in [6.07, 6.45) is 1.76. The Bertz CT molecular complexity index is 1320. The lowest BCUT2D eigenvalue weighted by molar-refractivity contribution is -0.115. The summed E-state index contributed by atoms with van der Waals surface area (Å²) in [6.45, 7) is 0.399. The Morgan fingerprint density at radius 3 is 2.68 bits per heavy atom. The fraction of sp³-hybridized carbons (Fsp3) is 0.0833. The van der Waals surface area contributed by atoms with Crippen molar-refractivity contribution in [1.82, 2.24) is 5.32 Å². The molecule has 1 saturated heterocycles. The molecule has 3 aromatic carbocycles. The van der Waals surface area contributed by atoms with Gasteiger partial charge in [-0.2, -0.15) is 0 Å². The number of methoxy groups -OCH3 is 1. The zero-order valence-corrected chi connectivity index (χ0v) is 23.6. The van der Waals surface area contributed by atoms with E-state index in [-0.39, 0.29) is 5.91 Å². The Morgan fingerprint density at radius 2 is 1.94 bits per heavy atom. The second kappa shape index (κ2) is 11.3. The van der Waals surface area contributed by atoms with Crippen LogP contribution in [0.15, 0.2) is 69.0 Å². The highest BCUT2D eigenvalue weighted by molar-refractivity contribution is 14.1. The number of nitrogens with one attached hydrogen (secondary N) is 1. The van der Waals surface area contributed by atoms with Crippen LogP contribution in [0.1, 0.15) is 11.1 Å². The molecule has 34 heavy (non-hydrogen) atoms. The molecular weight excluding hydrogens is 674 g/mol. The molecule has 0 spiro atoms. The molecule has 0 bridgehead atoms. The van der Waals surface area contributed by atoms with E-state index in [0.717, 1.165) is 14.7 Å². The zero-order chi connectivity index (χ0) is 24.2. The normalized spacial score (nSPS) is 15.6. The molecule has 1 heterocycles. The van der Waals surface area contributed by atoms with Crippen molar-refractivity contribution >= 4 is 96.3 Å². The molecule has 1 aliphatic rings. The highest BCUT2D eigenvalue weighted by Gasteiger charge is 2.24. The van der Waals surface area contributed by atoms with Crippen molar-refractivity contribution < 1.29 is 14.3 Å². The maximum atomic E-state index is 12.5. The summed E-state index contributed by atoms with van der Waals surface area (Å²) in [4.78, 5) is 17.4. The van der Waals surface area contributed by atoms with Gasteiger partial charge in [0.25, 0.3) is 5.91 Å². The number of carbonyl (C=O) groups excluding carboxylic acids is 1. The summed E-state index contributed by atoms with van der Waals surface area (Å²) >= 11 is 19.3. The fourth-order valence-corrected chi connectivity index (χ4v) is 5.13. The SMILES string of the molecule is COc1cc(/C=C2/SC(=Nc3cccc(Cl)c3Cl)NC2=O)cc(Br)c1OCc1ccc(I)cc1. The van der Waals surface area contributed by atoms with Gasteiger partial charge in [0.15, 0.2) is 16.7 Å². The lowest BCUT2D eigenvalue weighted by Crippen LogP contribution is -2.19. The van der Waals surface area contributed by atoms with Gasteiger partial charge in [-0.25, -0.2) is 4.99 Å². The smallest absolute Gasteiger partial charge is 0.264 e. The Morgan fingerprint density at radius 1 is 1.18 bits per heavy atom. The molecule has 1 aliphatic heterocycles. The van der Waals surface area contributed by atoms with Gasteiger partial charge in [-0.05, 0) is 104 Å². The zero-order valence-electron chi connectivity index (χ0n) is 17.6. The van der Waals surface area contributed by atoms with E-state index >= 15 is 0 Å². The number of benzene rings is 3. The van der Waals surface area contributed by atoms with Gasteiger partial charge in [-0.15, -0.1) is 0 Å². The predicted octanol–water partition coefficient (Wildman–Crippen LogP) is 7.84. The Balaban J connectivity index is 1.54. The Hall–Kier alpha value is -1.72. The first-order chi connectivity index (χ1) is 16.3. The number of amides is 1. The van der Waals surface area contributed by atoms with Crippen molar-refractivity contribution in [3.8, 4) is 11.5 Å². The first-order valence-corrected chi connectivity index (χ1v) is 13.3. The third kappa shape index (κ3) is 6.09. The predicted molar refractivity (Wildman–Crippen MR) is 151 cm³/mol. The van der Waals surface area contributed by atoms with Gasteiger partial charge >= 0.3 is 0 Å². The van der Waals surface area contributed by atoms with Crippen molar-refractivity contribution in [2.24, 2.45) is 4.99 Å². The number of hydrogen-bond donors (Lipinski definition) is 1. The van der Waals surface area contributed by atoms with Crippen LogP contribution < -0.4 is 14.8 Å². The molecule has 0 aromatic heterocycles. The molecule has 0 unspecified atom stereocenters. The number of nitrogens with zero attached hydrogens (tertiary/aromatic N) is 1. The van der Waals surface area contributed by atoms with Crippen LogP contribution in [-0.4, -0.2) is 18.2 Å². The molecule has 0 saturated carbocycles.